The molecule has 0 radical (unpaired) electrons. The van der Waals surface area contributed by atoms with Gasteiger partial charge >= 0.3 is 0 Å². The van der Waals surface area contributed by atoms with Crippen molar-refractivity contribution in [1.29, 1.82) is 0 Å². The van der Waals surface area contributed by atoms with E-state index < -0.39 is 0 Å². The SMILES string of the molecule is C=C(Br)CCCCOCC=CC=CC. The first kappa shape index (κ1) is 13.7. The van der Waals surface area contributed by atoms with Crippen molar-refractivity contribution in [3.05, 3.63) is 35.4 Å². The summed E-state index contributed by atoms with van der Waals surface area (Å²) in [6, 6.07) is 0. The van der Waals surface area contributed by atoms with E-state index in [0.29, 0.717) is 6.61 Å². The molecule has 2 heteroatoms. The highest BCUT2D eigenvalue weighted by Crippen LogP contribution is 2.10. The first-order valence-corrected chi connectivity index (χ1v) is 5.75. The van der Waals surface area contributed by atoms with Crippen molar-refractivity contribution in [3.63, 3.8) is 0 Å². The number of rotatable bonds is 8. The maximum Gasteiger partial charge on any atom is 0.0650 e. The van der Waals surface area contributed by atoms with Gasteiger partial charge in [0.25, 0.3) is 0 Å². The summed E-state index contributed by atoms with van der Waals surface area (Å²) in [5.41, 5.74) is 0. The Balaban J connectivity index is 3.10. The van der Waals surface area contributed by atoms with Gasteiger partial charge in [-0.2, -0.15) is 0 Å². The lowest BCUT2D eigenvalue weighted by Crippen LogP contribution is -1.93. The second-order valence-electron chi connectivity index (χ2n) is 3.00. The summed E-state index contributed by atoms with van der Waals surface area (Å²) >= 11 is 3.33. The maximum atomic E-state index is 5.40. The lowest BCUT2D eigenvalue weighted by Gasteiger charge is -2.00. The third-order valence-electron chi connectivity index (χ3n) is 1.64. The van der Waals surface area contributed by atoms with Crippen LogP contribution in [-0.2, 0) is 4.74 Å². The Morgan fingerprint density at radius 1 is 1.36 bits per heavy atom. The molecule has 0 aliphatic carbocycles. The van der Waals surface area contributed by atoms with Gasteiger partial charge in [-0.1, -0.05) is 46.8 Å². The molecule has 14 heavy (non-hydrogen) atoms. The van der Waals surface area contributed by atoms with E-state index >= 15 is 0 Å². The molecule has 80 valence electrons. The Morgan fingerprint density at radius 3 is 2.79 bits per heavy atom. The van der Waals surface area contributed by atoms with Crippen LogP contribution in [0.3, 0.4) is 0 Å². The van der Waals surface area contributed by atoms with Crippen LogP contribution in [0.25, 0.3) is 0 Å². The third kappa shape index (κ3) is 11.7. The van der Waals surface area contributed by atoms with Crippen molar-refractivity contribution in [1.82, 2.24) is 0 Å². The van der Waals surface area contributed by atoms with Crippen LogP contribution in [0.1, 0.15) is 26.2 Å². The van der Waals surface area contributed by atoms with E-state index in [9.17, 15) is 0 Å². The summed E-state index contributed by atoms with van der Waals surface area (Å²) in [6.45, 7) is 7.32. The highest BCUT2D eigenvalue weighted by Gasteiger charge is 1.90. The molecule has 0 atom stereocenters. The van der Waals surface area contributed by atoms with Crippen LogP contribution in [-0.4, -0.2) is 13.2 Å². The molecular weight excluding hydrogens is 240 g/mol. The molecule has 0 saturated heterocycles. The second kappa shape index (κ2) is 10.7. The Morgan fingerprint density at radius 2 is 2.14 bits per heavy atom. The third-order valence-corrected chi connectivity index (χ3v) is 2.04. The molecule has 0 aliphatic heterocycles. The topological polar surface area (TPSA) is 9.23 Å². The van der Waals surface area contributed by atoms with Crippen molar-refractivity contribution in [2.75, 3.05) is 13.2 Å². The van der Waals surface area contributed by atoms with Gasteiger partial charge in [0, 0.05) is 6.61 Å². The van der Waals surface area contributed by atoms with Gasteiger partial charge in [-0.05, 0) is 30.7 Å². The first-order chi connectivity index (χ1) is 6.77. The molecule has 0 aromatic carbocycles. The molecule has 0 bridgehead atoms. The van der Waals surface area contributed by atoms with Gasteiger partial charge in [-0.25, -0.2) is 0 Å². The van der Waals surface area contributed by atoms with Crippen LogP contribution in [0.5, 0.6) is 0 Å². The van der Waals surface area contributed by atoms with Crippen molar-refractivity contribution in [2.24, 2.45) is 0 Å². The van der Waals surface area contributed by atoms with Crippen molar-refractivity contribution in [2.45, 2.75) is 26.2 Å². The van der Waals surface area contributed by atoms with Crippen LogP contribution in [0.15, 0.2) is 35.4 Å². The van der Waals surface area contributed by atoms with Crippen LogP contribution in [0.4, 0.5) is 0 Å². The Labute approximate surface area is 95.7 Å². The summed E-state index contributed by atoms with van der Waals surface area (Å²) in [7, 11) is 0. The molecule has 0 aromatic heterocycles. The zero-order chi connectivity index (χ0) is 10.6. The fraction of sp³-hybridized carbons (Fsp3) is 0.500. The maximum absolute atomic E-state index is 5.40. The predicted octanol–water partition coefficient (Wildman–Crippen LogP) is 4.21. The van der Waals surface area contributed by atoms with E-state index in [4.69, 9.17) is 4.74 Å². The Kier molecular flexibility index (Phi) is 10.5. The van der Waals surface area contributed by atoms with Crippen molar-refractivity contribution in [3.8, 4) is 0 Å². The van der Waals surface area contributed by atoms with Crippen molar-refractivity contribution >= 4 is 15.9 Å². The van der Waals surface area contributed by atoms with Crippen LogP contribution >= 0.6 is 15.9 Å². The summed E-state index contributed by atoms with van der Waals surface area (Å²) in [6.07, 6.45) is 11.3. The number of unbranched alkanes of at least 4 members (excludes halogenated alkanes) is 1. The number of halogens is 1. The number of hydrogen-bond donors (Lipinski definition) is 0. The van der Waals surface area contributed by atoms with E-state index in [1.165, 1.54) is 0 Å². The fourth-order valence-electron chi connectivity index (χ4n) is 0.918. The van der Waals surface area contributed by atoms with E-state index in [1.807, 2.05) is 31.2 Å². The summed E-state index contributed by atoms with van der Waals surface area (Å²) < 4.78 is 6.47. The molecule has 0 unspecified atom stereocenters. The molecule has 0 N–H and O–H groups in total. The quantitative estimate of drug-likeness (QED) is 0.468. The van der Waals surface area contributed by atoms with E-state index in [1.54, 1.807) is 0 Å². The zero-order valence-corrected chi connectivity index (χ0v) is 10.4. The average molecular weight is 259 g/mol. The van der Waals surface area contributed by atoms with E-state index in [0.717, 1.165) is 30.4 Å². The number of hydrogen-bond acceptors (Lipinski definition) is 1. The highest BCUT2D eigenvalue weighted by molar-refractivity contribution is 9.11. The Hall–Kier alpha value is -0.340. The van der Waals surface area contributed by atoms with Crippen molar-refractivity contribution < 1.29 is 4.74 Å². The van der Waals surface area contributed by atoms with Gasteiger partial charge < -0.3 is 4.74 Å². The monoisotopic (exact) mass is 258 g/mol. The molecule has 1 nitrogen and oxygen atoms in total. The molecule has 0 amide bonds. The standard InChI is InChI=1S/C12H19BrO/c1-3-4-5-7-10-14-11-8-6-9-12(2)13/h3-5,7H,2,6,8-11H2,1H3. The Bertz CT molecular complexity index is 194. The molecule has 0 heterocycles. The van der Waals surface area contributed by atoms with Crippen LogP contribution in [0.2, 0.25) is 0 Å². The normalized spacial score (nSPS) is 11.6. The summed E-state index contributed by atoms with van der Waals surface area (Å²) in [5, 5.41) is 0. The average Bonchev–Trinajstić information content (AvgIpc) is 2.15. The minimum atomic E-state index is 0.708. The second-order valence-corrected chi connectivity index (χ2v) is 4.12. The molecule has 0 aromatic rings. The fourth-order valence-corrected chi connectivity index (χ4v) is 1.20. The molecular formula is C12H19BrO. The summed E-state index contributed by atoms with van der Waals surface area (Å²) in [5.74, 6) is 0. The van der Waals surface area contributed by atoms with Crippen LogP contribution < -0.4 is 0 Å². The number of ether oxygens (including phenoxy) is 1. The molecule has 0 rings (SSSR count). The lowest BCUT2D eigenvalue weighted by atomic mass is 10.2. The van der Waals surface area contributed by atoms with Gasteiger partial charge in [0.2, 0.25) is 0 Å². The minimum absolute atomic E-state index is 0.708. The smallest absolute Gasteiger partial charge is 0.0650 e. The van der Waals surface area contributed by atoms with E-state index in [2.05, 4.69) is 22.5 Å². The molecule has 0 fully saturated rings. The highest BCUT2D eigenvalue weighted by atomic mass is 79.9. The lowest BCUT2D eigenvalue weighted by molar-refractivity contribution is 0.158. The van der Waals surface area contributed by atoms with E-state index in [-0.39, 0.29) is 0 Å². The molecule has 0 saturated carbocycles. The van der Waals surface area contributed by atoms with Gasteiger partial charge in [0.05, 0.1) is 6.61 Å². The number of allylic oxidation sites excluding steroid dienone is 4. The zero-order valence-electron chi connectivity index (χ0n) is 8.84. The minimum Gasteiger partial charge on any atom is -0.377 e. The molecule has 0 aliphatic rings. The van der Waals surface area contributed by atoms with Gasteiger partial charge in [0.15, 0.2) is 0 Å². The summed E-state index contributed by atoms with van der Waals surface area (Å²) in [4.78, 5) is 0. The first-order valence-electron chi connectivity index (χ1n) is 4.96. The van der Waals surface area contributed by atoms with Gasteiger partial charge in [-0.15, -0.1) is 0 Å². The predicted molar refractivity (Wildman–Crippen MR) is 66.7 cm³/mol. The van der Waals surface area contributed by atoms with Gasteiger partial charge in [0.1, 0.15) is 0 Å². The van der Waals surface area contributed by atoms with Gasteiger partial charge in [-0.3, -0.25) is 0 Å². The molecule has 0 spiro atoms. The van der Waals surface area contributed by atoms with Crippen LogP contribution in [0, 0.1) is 0 Å². The largest absolute Gasteiger partial charge is 0.377 e.